The van der Waals surface area contributed by atoms with Gasteiger partial charge in [-0.1, -0.05) is 0 Å². The third-order valence-electron chi connectivity index (χ3n) is 4.43. The van der Waals surface area contributed by atoms with E-state index >= 15 is 0 Å². The molecule has 0 fully saturated rings. The first-order valence-corrected chi connectivity index (χ1v) is 12.9. The Labute approximate surface area is 195 Å². The minimum Gasteiger partial charge on any atom is -0.507 e. The first-order valence-electron chi connectivity index (χ1n) is 8.63. The molecule has 3 aromatic carbocycles. The van der Waals surface area contributed by atoms with Gasteiger partial charge in [0, 0.05) is 23.6 Å². The van der Waals surface area contributed by atoms with E-state index in [-0.39, 0.29) is 5.39 Å². The summed E-state index contributed by atoms with van der Waals surface area (Å²) in [6.45, 7) is 0. The highest BCUT2D eigenvalue weighted by Gasteiger charge is 2.25. The predicted octanol–water partition coefficient (Wildman–Crippen LogP) is 2.19. The van der Waals surface area contributed by atoms with Crippen LogP contribution in [0.4, 0.5) is 22.7 Å². The van der Waals surface area contributed by atoms with Crippen molar-refractivity contribution in [1.29, 1.82) is 0 Å². The molecule has 0 saturated carbocycles. The summed E-state index contributed by atoms with van der Waals surface area (Å²) in [5.41, 5.74) is 2.81. The van der Waals surface area contributed by atoms with Gasteiger partial charge in [-0.2, -0.15) is 25.3 Å². The molecule has 0 aromatic heterocycles. The number of hydrogen-bond donors (Lipinski definition) is 5. The van der Waals surface area contributed by atoms with Gasteiger partial charge in [-0.05, 0) is 23.6 Å². The number of non-ortho nitro benzene ring substituents is 1. The van der Waals surface area contributed by atoms with Crippen molar-refractivity contribution >= 4 is 63.9 Å². The number of hydrogen-bond acceptors (Lipinski definition) is 12. The molecule has 0 bridgehead atoms. The molecule has 0 aliphatic heterocycles. The SMILES string of the molecule is Nc1c(N=Nc2cc([N+](=O)[O-])ccc2S(=O)(=O)O)c(S(=O)(=O)O)cc2cc(S(=O)(=O)O)cc(O)c12. The zero-order valence-electron chi connectivity index (χ0n) is 16.7. The van der Waals surface area contributed by atoms with Crippen LogP contribution in [0.25, 0.3) is 10.8 Å². The van der Waals surface area contributed by atoms with E-state index < -0.39 is 83.8 Å². The van der Waals surface area contributed by atoms with Gasteiger partial charge in [0.2, 0.25) is 0 Å². The van der Waals surface area contributed by atoms with Crippen LogP contribution >= 0.6 is 0 Å². The first-order chi connectivity index (χ1) is 15.9. The number of phenols is 1. The maximum Gasteiger partial charge on any atom is 0.296 e. The lowest BCUT2D eigenvalue weighted by molar-refractivity contribution is -0.384. The molecule has 0 spiro atoms. The van der Waals surface area contributed by atoms with Gasteiger partial charge in [0.05, 0.1) is 15.5 Å². The van der Waals surface area contributed by atoms with Crippen molar-refractivity contribution in [3.05, 3.63) is 46.5 Å². The van der Waals surface area contributed by atoms with E-state index in [0.29, 0.717) is 24.3 Å². The Morgan fingerprint density at radius 1 is 0.829 bits per heavy atom. The van der Waals surface area contributed by atoms with Crippen molar-refractivity contribution in [2.24, 2.45) is 10.2 Å². The molecular formula is C16H12N4O12S3. The number of nitrogen functional groups attached to an aromatic ring is 1. The summed E-state index contributed by atoms with van der Waals surface area (Å²) < 4.78 is 98.0. The second-order valence-electron chi connectivity index (χ2n) is 6.71. The van der Waals surface area contributed by atoms with E-state index in [1.54, 1.807) is 0 Å². The monoisotopic (exact) mass is 548 g/mol. The molecule has 3 rings (SSSR count). The quantitative estimate of drug-likeness (QED) is 0.0971. The van der Waals surface area contributed by atoms with E-state index in [1.165, 1.54) is 0 Å². The summed E-state index contributed by atoms with van der Waals surface area (Å²) in [7, 11) is -15.0. The van der Waals surface area contributed by atoms with Crippen LogP contribution in [0, 0.1) is 10.1 Å². The Balaban J connectivity index is 2.39. The van der Waals surface area contributed by atoms with Gasteiger partial charge in [0.1, 0.15) is 26.9 Å². The highest BCUT2D eigenvalue weighted by molar-refractivity contribution is 7.86. The summed E-state index contributed by atoms with van der Waals surface area (Å²) in [6.07, 6.45) is 0. The average Bonchev–Trinajstić information content (AvgIpc) is 2.70. The lowest BCUT2D eigenvalue weighted by Crippen LogP contribution is -2.03. The Bertz CT molecular complexity index is 1770. The smallest absolute Gasteiger partial charge is 0.296 e. The fourth-order valence-corrected chi connectivity index (χ4v) is 4.77. The van der Waals surface area contributed by atoms with Crippen molar-refractivity contribution in [3.8, 4) is 5.75 Å². The molecule has 0 radical (unpaired) electrons. The molecule has 0 saturated heterocycles. The Morgan fingerprint density at radius 3 is 1.94 bits per heavy atom. The van der Waals surface area contributed by atoms with Gasteiger partial charge in [-0.3, -0.25) is 23.8 Å². The number of nitrogens with two attached hydrogens (primary N) is 1. The van der Waals surface area contributed by atoms with Crippen molar-refractivity contribution in [3.63, 3.8) is 0 Å². The molecule has 6 N–H and O–H groups in total. The van der Waals surface area contributed by atoms with Gasteiger partial charge in [0.25, 0.3) is 36.0 Å². The number of benzene rings is 3. The third kappa shape index (κ3) is 5.18. The number of fused-ring (bicyclic) bond motifs is 1. The van der Waals surface area contributed by atoms with Crippen molar-refractivity contribution < 1.29 is 48.9 Å². The number of aromatic hydroxyl groups is 1. The fourth-order valence-electron chi connectivity index (χ4n) is 2.96. The number of azo groups is 1. The molecule has 0 aliphatic rings. The summed E-state index contributed by atoms with van der Waals surface area (Å²) in [6, 6.07) is 3.90. The number of nitrogens with zero attached hydrogens (tertiary/aromatic N) is 3. The van der Waals surface area contributed by atoms with Crippen LogP contribution in [0.3, 0.4) is 0 Å². The van der Waals surface area contributed by atoms with Crippen LogP contribution in [-0.4, -0.2) is 48.9 Å². The standard InChI is InChI=1S/C16H12N4O12S3/c17-15-14-7(3-9(6-11(14)21)33(24,25)26)4-13(35(30,31)32)16(15)19-18-10-5-8(20(22)23)1-2-12(10)34(27,28)29/h1-6,21H,17H2,(H,24,25,26)(H,27,28,29)(H,30,31,32). The van der Waals surface area contributed by atoms with Crippen molar-refractivity contribution in [2.45, 2.75) is 14.7 Å². The van der Waals surface area contributed by atoms with E-state index in [2.05, 4.69) is 10.2 Å². The van der Waals surface area contributed by atoms with Crippen LogP contribution < -0.4 is 5.73 Å². The largest absolute Gasteiger partial charge is 0.507 e. The second-order valence-corrected chi connectivity index (χ2v) is 10.9. The summed E-state index contributed by atoms with van der Waals surface area (Å²) >= 11 is 0. The first kappa shape index (κ1) is 25.9. The maximum atomic E-state index is 11.9. The summed E-state index contributed by atoms with van der Waals surface area (Å²) in [5.74, 6) is -0.861. The van der Waals surface area contributed by atoms with Crippen LogP contribution in [0.2, 0.25) is 0 Å². The molecule has 35 heavy (non-hydrogen) atoms. The van der Waals surface area contributed by atoms with Gasteiger partial charge in [-0.25, -0.2) is 0 Å². The Hall–Kier alpha value is -3.75. The summed E-state index contributed by atoms with van der Waals surface area (Å²) in [5, 5.41) is 27.3. The molecule has 0 heterocycles. The molecule has 0 aliphatic carbocycles. The lowest BCUT2D eigenvalue weighted by Gasteiger charge is -2.12. The zero-order chi connectivity index (χ0) is 26.5. The molecule has 0 unspecified atom stereocenters. The van der Waals surface area contributed by atoms with Gasteiger partial charge in [-0.15, -0.1) is 10.2 Å². The predicted molar refractivity (Wildman–Crippen MR) is 117 cm³/mol. The average molecular weight is 548 g/mol. The number of phenolic OH excluding ortho intramolecular Hbond substituents is 1. The molecular weight excluding hydrogens is 536 g/mol. The second kappa shape index (κ2) is 8.48. The van der Waals surface area contributed by atoms with Gasteiger partial charge < -0.3 is 10.8 Å². The van der Waals surface area contributed by atoms with Crippen LogP contribution in [0.15, 0.2) is 61.3 Å². The number of nitro groups is 1. The molecule has 16 nitrogen and oxygen atoms in total. The van der Waals surface area contributed by atoms with Crippen LogP contribution in [0.1, 0.15) is 0 Å². The van der Waals surface area contributed by atoms with E-state index in [9.17, 15) is 54.1 Å². The molecule has 186 valence electrons. The minimum absolute atomic E-state index is 0.379. The van der Waals surface area contributed by atoms with Crippen molar-refractivity contribution in [2.75, 3.05) is 5.73 Å². The van der Waals surface area contributed by atoms with E-state index in [1.807, 2.05) is 0 Å². The molecule has 0 atom stereocenters. The highest BCUT2D eigenvalue weighted by Crippen LogP contribution is 2.43. The highest BCUT2D eigenvalue weighted by atomic mass is 32.2. The van der Waals surface area contributed by atoms with Gasteiger partial charge >= 0.3 is 0 Å². The maximum absolute atomic E-state index is 11.9. The molecule has 19 heteroatoms. The van der Waals surface area contributed by atoms with Gasteiger partial charge in [0.15, 0.2) is 0 Å². The zero-order valence-corrected chi connectivity index (χ0v) is 19.1. The number of anilines is 1. The third-order valence-corrected chi connectivity index (χ3v) is 7.03. The van der Waals surface area contributed by atoms with E-state index in [4.69, 9.17) is 5.73 Å². The van der Waals surface area contributed by atoms with Crippen LogP contribution in [0.5, 0.6) is 5.75 Å². The topological polar surface area (TPSA) is 277 Å². The number of rotatable bonds is 6. The van der Waals surface area contributed by atoms with Crippen molar-refractivity contribution in [1.82, 2.24) is 0 Å². The molecule has 3 aromatic rings. The Morgan fingerprint density at radius 2 is 1.43 bits per heavy atom. The Kier molecular flexibility index (Phi) is 6.27. The summed E-state index contributed by atoms with van der Waals surface area (Å²) in [4.78, 5) is 7.21. The fraction of sp³-hybridized carbons (Fsp3) is 0. The van der Waals surface area contributed by atoms with Crippen LogP contribution in [-0.2, 0) is 30.4 Å². The number of nitro benzene ring substituents is 1. The lowest BCUT2D eigenvalue weighted by atomic mass is 10.1. The van der Waals surface area contributed by atoms with E-state index in [0.717, 1.165) is 12.1 Å². The molecule has 0 amide bonds. The normalized spacial score (nSPS) is 12.9. The minimum atomic E-state index is -5.18.